The molecule has 2 aliphatic heterocycles. The number of amides is 2. The molecule has 3 aromatic rings. The quantitative estimate of drug-likeness (QED) is 0.683. The molecule has 2 aliphatic rings. The lowest BCUT2D eigenvalue weighted by Crippen LogP contribution is -2.48. The molecule has 7 nitrogen and oxygen atoms in total. The Morgan fingerprint density at radius 1 is 1.10 bits per heavy atom. The Bertz CT molecular complexity index is 1110. The number of carbonyl (C=O) groups is 2. The summed E-state index contributed by atoms with van der Waals surface area (Å²) in [6.45, 7) is 3.72. The van der Waals surface area contributed by atoms with Crippen LogP contribution in [0.15, 0.2) is 53.9 Å². The minimum absolute atomic E-state index is 0.0111. The molecule has 1 N–H and O–H groups in total. The van der Waals surface area contributed by atoms with Gasteiger partial charge in [0.1, 0.15) is 10.8 Å². The minimum atomic E-state index is -0.182. The van der Waals surface area contributed by atoms with E-state index in [9.17, 15) is 9.59 Å². The summed E-state index contributed by atoms with van der Waals surface area (Å²) < 4.78 is 5.43. The number of aromatic nitrogens is 1. The van der Waals surface area contributed by atoms with Crippen LogP contribution in [-0.4, -0.2) is 59.4 Å². The number of carbonyl (C=O) groups excluding carboxylic acids is 2. The van der Waals surface area contributed by atoms with E-state index < -0.39 is 0 Å². The molecule has 1 aromatic heterocycles. The number of thiazole rings is 1. The molecule has 1 fully saturated rings. The highest BCUT2D eigenvalue weighted by molar-refractivity contribution is 7.13. The molecule has 5 rings (SSSR count). The molecule has 158 valence electrons. The van der Waals surface area contributed by atoms with Gasteiger partial charge in [-0.2, -0.15) is 0 Å². The number of nitrogens with one attached hydrogen (secondary N) is 1. The van der Waals surface area contributed by atoms with Crippen molar-refractivity contribution in [1.82, 2.24) is 14.8 Å². The van der Waals surface area contributed by atoms with Crippen LogP contribution in [0.3, 0.4) is 0 Å². The topological polar surface area (TPSA) is 74.8 Å². The summed E-state index contributed by atoms with van der Waals surface area (Å²) in [6, 6.07) is 15.4. The Hall–Kier alpha value is -3.23. The summed E-state index contributed by atoms with van der Waals surface area (Å²) in [5.41, 5.74) is 3.39. The molecule has 2 amide bonds. The van der Waals surface area contributed by atoms with Gasteiger partial charge in [0, 0.05) is 49.2 Å². The van der Waals surface area contributed by atoms with E-state index >= 15 is 0 Å². The maximum atomic E-state index is 12.9. The Kier molecular flexibility index (Phi) is 5.40. The number of ether oxygens (including phenoxy) is 1. The number of fused-ring (bicyclic) bond motifs is 1. The molecular formula is C23H22N4O3S. The number of hydrogen-bond acceptors (Lipinski definition) is 6. The van der Waals surface area contributed by atoms with Crippen LogP contribution in [0.1, 0.15) is 16.1 Å². The predicted octanol–water partition coefficient (Wildman–Crippen LogP) is 3.10. The molecule has 2 aromatic carbocycles. The molecule has 1 saturated heterocycles. The van der Waals surface area contributed by atoms with Crippen molar-refractivity contribution in [2.24, 2.45) is 0 Å². The van der Waals surface area contributed by atoms with Crippen molar-refractivity contribution in [2.75, 3.05) is 38.1 Å². The van der Waals surface area contributed by atoms with Crippen LogP contribution in [0.2, 0.25) is 0 Å². The zero-order valence-corrected chi connectivity index (χ0v) is 17.7. The van der Waals surface area contributed by atoms with Gasteiger partial charge >= 0.3 is 0 Å². The molecule has 0 spiro atoms. The fourth-order valence-corrected chi connectivity index (χ4v) is 4.64. The van der Waals surface area contributed by atoms with Gasteiger partial charge in [0.15, 0.2) is 6.61 Å². The van der Waals surface area contributed by atoms with Crippen molar-refractivity contribution < 1.29 is 14.3 Å². The molecule has 31 heavy (non-hydrogen) atoms. The average Bonchev–Trinajstić information content (AvgIpc) is 3.28. The second kappa shape index (κ2) is 8.49. The van der Waals surface area contributed by atoms with Crippen LogP contribution in [0.4, 0.5) is 5.69 Å². The number of rotatable bonds is 4. The van der Waals surface area contributed by atoms with Crippen LogP contribution in [0.25, 0.3) is 10.6 Å². The lowest BCUT2D eigenvalue weighted by molar-refractivity contribution is -0.118. The molecule has 0 saturated carbocycles. The van der Waals surface area contributed by atoms with Gasteiger partial charge in [-0.05, 0) is 18.2 Å². The van der Waals surface area contributed by atoms with Crippen LogP contribution in [0.5, 0.6) is 5.75 Å². The zero-order valence-electron chi connectivity index (χ0n) is 16.9. The highest BCUT2D eigenvalue weighted by Crippen LogP contribution is 2.29. The van der Waals surface area contributed by atoms with Gasteiger partial charge in [0.05, 0.1) is 11.4 Å². The first-order chi connectivity index (χ1) is 15.2. The molecule has 0 aliphatic carbocycles. The van der Waals surface area contributed by atoms with Crippen LogP contribution in [-0.2, 0) is 11.3 Å². The summed E-state index contributed by atoms with van der Waals surface area (Å²) >= 11 is 1.66. The third-order valence-electron chi connectivity index (χ3n) is 5.48. The maximum Gasteiger partial charge on any atom is 0.262 e. The second-order valence-electron chi connectivity index (χ2n) is 7.63. The van der Waals surface area contributed by atoms with Crippen LogP contribution < -0.4 is 10.1 Å². The number of anilines is 1. The smallest absolute Gasteiger partial charge is 0.262 e. The highest BCUT2D eigenvalue weighted by Gasteiger charge is 2.24. The van der Waals surface area contributed by atoms with Crippen molar-refractivity contribution in [3.8, 4) is 16.3 Å². The van der Waals surface area contributed by atoms with Gasteiger partial charge in [0.25, 0.3) is 11.8 Å². The Labute approximate surface area is 184 Å². The predicted molar refractivity (Wildman–Crippen MR) is 119 cm³/mol. The first-order valence-electron chi connectivity index (χ1n) is 10.2. The summed E-state index contributed by atoms with van der Waals surface area (Å²) in [5.74, 6) is 0.350. The standard InChI is InChI=1S/C23H22N4O3S/c28-21-14-30-20-12-17(6-7-19(20)25-21)23(29)27-10-8-26(9-11-27)13-18-15-31-22(24-18)16-4-2-1-3-5-16/h1-7,12,15H,8-11,13-14H2,(H,25,28). The molecule has 0 atom stereocenters. The Morgan fingerprint density at radius 2 is 1.90 bits per heavy atom. The van der Waals surface area contributed by atoms with Crippen molar-refractivity contribution in [1.29, 1.82) is 0 Å². The molecule has 8 heteroatoms. The minimum Gasteiger partial charge on any atom is -0.482 e. The lowest BCUT2D eigenvalue weighted by Gasteiger charge is -2.34. The van der Waals surface area contributed by atoms with Gasteiger partial charge in [-0.15, -0.1) is 11.3 Å². The highest BCUT2D eigenvalue weighted by atomic mass is 32.1. The van der Waals surface area contributed by atoms with Crippen molar-refractivity contribution in [3.05, 3.63) is 65.2 Å². The summed E-state index contributed by atoms with van der Waals surface area (Å²) in [6.07, 6.45) is 0. The molecule has 0 radical (unpaired) electrons. The fraction of sp³-hybridized carbons (Fsp3) is 0.261. The maximum absolute atomic E-state index is 12.9. The number of piperazine rings is 1. The van der Waals surface area contributed by atoms with Crippen molar-refractivity contribution in [2.45, 2.75) is 6.54 Å². The van der Waals surface area contributed by atoms with Crippen LogP contribution >= 0.6 is 11.3 Å². The van der Waals surface area contributed by atoms with E-state index in [2.05, 4.69) is 27.7 Å². The SMILES string of the molecule is O=C1COc2cc(C(=O)N3CCN(Cc4csc(-c5ccccc5)n4)CC3)ccc2N1. The van der Waals surface area contributed by atoms with E-state index in [0.717, 1.165) is 35.9 Å². The Morgan fingerprint density at radius 3 is 2.71 bits per heavy atom. The van der Waals surface area contributed by atoms with Gasteiger partial charge in [-0.1, -0.05) is 30.3 Å². The van der Waals surface area contributed by atoms with E-state index in [4.69, 9.17) is 9.72 Å². The normalized spacial score (nSPS) is 16.4. The van der Waals surface area contributed by atoms with Gasteiger partial charge in [-0.3, -0.25) is 14.5 Å². The van der Waals surface area contributed by atoms with Crippen LogP contribution in [0, 0.1) is 0 Å². The van der Waals surface area contributed by atoms with Gasteiger partial charge in [-0.25, -0.2) is 4.98 Å². The van der Waals surface area contributed by atoms with Crippen molar-refractivity contribution >= 4 is 28.8 Å². The number of hydrogen-bond donors (Lipinski definition) is 1. The van der Waals surface area contributed by atoms with E-state index in [0.29, 0.717) is 30.1 Å². The first-order valence-corrected chi connectivity index (χ1v) is 11.1. The molecule has 0 unspecified atom stereocenters. The van der Waals surface area contributed by atoms with E-state index in [-0.39, 0.29) is 18.4 Å². The molecule has 0 bridgehead atoms. The van der Waals surface area contributed by atoms with Gasteiger partial charge in [0.2, 0.25) is 0 Å². The van der Waals surface area contributed by atoms with Crippen molar-refractivity contribution in [3.63, 3.8) is 0 Å². The monoisotopic (exact) mass is 434 g/mol. The Balaban J connectivity index is 1.18. The first kappa shape index (κ1) is 19.7. The fourth-order valence-electron chi connectivity index (χ4n) is 3.82. The summed E-state index contributed by atoms with van der Waals surface area (Å²) in [7, 11) is 0. The number of nitrogens with zero attached hydrogens (tertiary/aromatic N) is 3. The van der Waals surface area contributed by atoms with E-state index in [1.807, 2.05) is 23.1 Å². The number of benzene rings is 2. The lowest BCUT2D eigenvalue weighted by atomic mass is 10.1. The third-order valence-corrected chi connectivity index (χ3v) is 6.42. The van der Waals surface area contributed by atoms with Gasteiger partial charge < -0.3 is 15.0 Å². The summed E-state index contributed by atoms with van der Waals surface area (Å²) in [4.78, 5) is 33.3. The molecule has 3 heterocycles. The summed E-state index contributed by atoms with van der Waals surface area (Å²) in [5, 5.41) is 5.90. The third kappa shape index (κ3) is 4.30. The zero-order chi connectivity index (χ0) is 21.2. The largest absolute Gasteiger partial charge is 0.482 e. The second-order valence-corrected chi connectivity index (χ2v) is 8.48. The van der Waals surface area contributed by atoms with E-state index in [1.54, 1.807) is 29.5 Å². The van der Waals surface area contributed by atoms with E-state index in [1.165, 1.54) is 0 Å². The average molecular weight is 435 g/mol. The molecular weight excluding hydrogens is 412 g/mol.